The fourth-order valence-corrected chi connectivity index (χ4v) is 2.12. The van der Waals surface area contributed by atoms with E-state index in [9.17, 15) is 0 Å². The molecule has 0 unspecified atom stereocenters. The zero-order chi connectivity index (χ0) is 15.6. The second-order valence-corrected chi connectivity index (χ2v) is 5.09. The van der Waals surface area contributed by atoms with Gasteiger partial charge in [-0.15, -0.1) is 24.0 Å². The summed E-state index contributed by atoms with van der Waals surface area (Å²) in [7, 11) is 0. The molecule has 0 aliphatic carbocycles. The van der Waals surface area contributed by atoms with Gasteiger partial charge in [0.25, 0.3) is 0 Å². The SMILES string of the molecule is CCc1cccc(NC(N)=NCCCNc2ccccc2)c1.I. The highest BCUT2D eigenvalue weighted by Gasteiger charge is 1.96. The van der Waals surface area contributed by atoms with Crippen LogP contribution in [0.15, 0.2) is 59.6 Å². The monoisotopic (exact) mass is 424 g/mol. The lowest BCUT2D eigenvalue weighted by atomic mass is 10.1. The van der Waals surface area contributed by atoms with Gasteiger partial charge in [0.1, 0.15) is 0 Å². The summed E-state index contributed by atoms with van der Waals surface area (Å²) in [4.78, 5) is 4.35. The summed E-state index contributed by atoms with van der Waals surface area (Å²) in [5.74, 6) is 0.466. The van der Waals surface area contributed by atoms with E-state index in [4.69, 9.17) is 5.73 Å². The molecule has 0 aliphatic heterocycles. The van der Waals surface area contributed by atoms with E-state index in [0.717, 1.165) is 30.8 Å². The number of aryl methyl sites for hydroxylation is 1. The Morgan fingerprint density at radius 3 is 2.52 bits per heavy atom. The molecule has 0 aromatic heterocycles. The van der Waals surface area contributed by atoms with Gasteiger partial charge in [0.15, 0.2) is 5.96 Å². The molecule has 0 aliphatic rings. The first-order valence-electron chi connectivity index (χ1n) is 7.72. The van der Waals surface area contributed by atoms with E-state index in [1.165, 1.54) is 5.56 Å². The van der Waals surface area contributed by atoms with Crippen LogP contribution in [0.2, 0.25) is 0 Å². The Morgan fingerprint density at radius 1 is 1.04 bits per heavy atom. The summed E-state index contributed by atoms with van der Waals surface area (Å²) in [5.41, 5.74) is 9.31. The molecule has 2 rings (SSSR count). The van der Waals surface area contributed by atoms with Gasteiger partial charge in [0, 0.05) is 24.5 Å². The number of para-hydroxylation sites is 1. The number of nitrogens with one attached hydrogen (secondary N) is 2. The molecule has 0 amide bonds. The molecular formula is C18H25IN4. The molecule has 0 spiro atoms. The summed E-state index contributed by atoms with van der Waals surface area (Å²) in [5, 5.41) is 6.49. The van der Waals surface area contributed by atoms with Crippen molar-refractivity contribution in [2.45, 2.75) is 19.8 Å². The Bertz CT molecular complexity index is 599. The summed E-state index contributed by atoms with van der Waals surface area (Å²) in [6, 6.07) is 18.4. The second kappa shape index (κ2) is 10.9. The third-order valence-electron chi connectivity index (χ3n) is 3.33. The zero-order valence-electron chi connectivity index (χ0n) is 13.5. The van der Waals surface area contributed by atoms with Crippen molar-refractivity contribution >= 4 is 41.3 Å². The van der Waals surface area contributed by atoms with Gasteiger partial charge in [-0.05, 0) is 42.7 Å². The van der Waals surface area contributed by atoms with Gasteiger partial charge in [0.05, 0.1) is 0 Å². The number of halogens is 1. The molecule has 4 N–H and O–H groups in total. The summed E-state index contributed by atoms with van der Waals surface area (Å²) >= 11 is 0. The van der Waals surface area contributed by atoms with Crippen LogP contribution in [0.4, 0.5) is 11.4 Å². The van der Waals surface area contributed by atoms with E-state index in [-0.39, 0.29) is 24.0 Å². The first-order valence-corrected chi connectivity index (χ1v) is 7.72. The molecule has 124 valence electrons. The molecule has 0 radical (unpaired) electrons. The highest BCUT2D eigenvalue weighted by atomic mass is 127. The number of hydrogen-bond acceptors (Lipinski definition) is 2. The number of rotatable bonds is 7. The minimum absolute atomic E-state index is 0. The number of benzene rings is 2. The van der Waals surface area contributed by atoms with Crippen molar-refractivity contribution in [2.24, 2.45) is 10.7 Å². The predicted octanol–water partition coefficient (Wildman–Crippen LogP) is 4.10. The van der Waals surface area contributed by atoms with Gasteiger partial charge in [-0.25, -0.2) is 0 Å². The lowest BCUT2D eigenvalue weighted by molar-refractivity contribution is 0.873. The molecule has 5 heteroatoms. The number of hydrogen-bond donors (Lipinski definition) is 3. The topological polar surface area (TPSA) is 62.4 Å². The van der Waals surface area contributed by atoms with Crippen LogP contribution in [-0.2, 0) is 6.42 Å². The van der Waals surface area contributed by atoms with E-state index in [2.05, 4.69) is 46.8 Å². The van der Waals surface area contributed by atoms with Crippen LogP contribution in [0.25, 0.3) is 0 Å². The molecule has 0 saturated heterocycles. The van der Waals surface area contributed by atoms with E-state index >= 15 is 0 Å². The van der Waals surface area contributed by atoms with Crippen molar-refractivity contribution in [3.05, 3.63) is 60.2 Å². The van der Waals surface area contributed by atoms with Crippen molar-refractivity contribution in [1.82, 2.24) is 0 Å². The number of aliphatic imine (C=N–C) groups is 1. The maximum absolute atomic E-state index is 5.91. The quantitative estimate of drug-likeness (QED) is 0.272. The van der Waals surface area contributed by atoms with E-state index in [1.54, 1.807) is 0 Å². The molecule has 0 heterocycles. The smallest absolute Gasteiger partial charge is 0.193 e. The highest BCUT2D eigenvalue weighted by Crippen LogP contribution is 2.10. The molecule has 2 aromatic rings. The summed E-state index contributed by atoms with van der Waals surface area (Å²) in [6.45, 7) is 3.72. The fourth-order valence-electron chi connectivity index (χ4n) is 2.12. The maximum Gasteiger partial charge on any atom is 0.193 e. The minimum atomic E-state index is 0. The Morgan fingerprint density at radius 2 is 1.78 bits per heavy atom. The van der Waals surface area contributed by atoms with Crippen molar-refractivity contribution in [3.63, 3.8) is 0 Å². The summed E-state index contributed by atoms with van der Waals surface area (Å²) < 4.78 is 0. The van der Waals surface area contributed by atoms with Crippen molar-refractivity contribution in [3.8, 4) is 0 Å². The van der Waals surface area contributed by atoms with Gasteiger partial charge in [-0.1, -0.05) is 37.3 Å². The van der Waals surface area contributed by atoms with Crippen LogP contribution in [0.5, 0.6) is 0 Å². The van der Waals surface area contributed by atoms with Crippen LogP contribution in [0.3, 0.4) is 0 Å². The van der Waals surface area contributed by atoms with Crippen LogP contribution in [0, 0.1) is 0 Å². The molecule has 2 aromatic carbocycles. The molecule has 0 atom stereocenters. The third kappa shape index (κ3) is 7.36. The zero-order valence-corrected chi connectivity index (χ0v) is 15.8. The normalized spacial score (nSPS) is 10.7. The molecular weight excluding hydrogens is 399 g/mol. The maximum atomic E-state index is 5.91. The molecule has 0 saturated carbocycles. The van der Waals surface area contributed by atoms with Gasteiger partial charge < -0.3 is 16.4 Å². The van der Waals surface area contributed by atoms with Crippen LogP contribution < -0.4 is 16.4 Å². The predicted molar refractivity (Wildman–Crippen MR) is 111 cm³/mol. The number of anilines is 2. The van der Waals surface area contributed by atoms with E-state index in [1.807, 2.05) is 30.3 Å². The van der Waals surface area contributed by atoms with Gasteiger partial charge >= 0.3 is 0 Å². The summed E-state index contributed by atoms with van der Waals surface area (Å²) in [6.07, 6.45) is 1.95. The first-order chi connectivity index (χ1) is 10.8. The molecule has 23 heavy (non-hydrogen) atoms. The standard InChI is InChI=1S/C18H24N4.HI/c1-2-15-8-6-11-17(14-15)22-18(19)21-13-7-12-20-16-9-4-3-5-10-16;/h3-6,8-11,14,20H,2,7,12-13H2,1H3,(H3,19,21,22);1H. The fraction of sp³-hybridized carbons (Fsp3) is 0.278. The van der Waals surface area contributed by atoms with Crippen LogP contribution in [-0.4, -0.2) is 19.0 Å². The first kappa shape index (κ1) is 19.3. The lowest BCUT2D eigenvalue weighted by Crippen LogP contribution is -2.23. The van der Waals surface area contributed by atoms with Gasteiger partial charge in [-0.2, -0.15) is 0 Å². The Balaban J connectivity index is 0.00000264. The Kier molecular flexibility index (Phi) is 9.12. The highest BCUT2D eigenvalue weighted by molar-refractivity contribution is 14.0. The largest absolute Gasteiger partial charge is 0.385 e. The third-order valence-corrected chi connectivity index (χ3v) is 3.33. The van der Waals surface area contributed by atoms with Crippen molar-refractivity contribution in [1.29, 1.82) is 0 Å². The van der Waals surface area contributed by atoms with Gasteiger partial charge in [0.2, 0.25) is 0 Å². The van der Waals surface area contributed by atoms with Crippen LogP contribution in [0.1, 0.15) is 18.9 Å². The minimum Gasteiger partial charge on any atom is -0.385 e. The Hall–Kier alpha value is -1.76. The number of nitrogens with two attached hydrogens (primary N) is 1. The molecule has 0 fully saturated rings. The van der Waals surface area contributed by atoms with E-state index < -0.39 is 0 Å². The average molecular weight is 424 g/mol. The van der Waals surface area contributed by atoms with Crippen molar-refractivity contribution < 1.29 is 0 Å². The van der Waals surface area contributed by atoms with Crippen molar-refractivity contribution in [2.75, 3.05) is 23.7 Å². The van der Waals surface area contributed by atoms with Crippen LogP contribution >= 0.6 is 24.0 Å². The Labute approximate surface area is 155 Å². The number of guanidine groups is 1. The molecule has 0 bridgehead atoms. The average Bonchev–Trinajstić information content (AvgIpc) is 2.55. The van der Waals surface area contributed by atoms with Gasteiger partial charge in [-0.3, -0.25) is 4.99 Å². The number of nitrogens with zero attached hydrogens (tertiary/aromatic N) is 1. The second-order valence-electron chi connectivity index (χ2n) is 5.09. The molecule has 4 nitrogen and oxygen atoms in total. The van der Waals surface area contributed by atoms with E-state index in [0.29, 0.717) is 12.5 Å². The lowest BCUT2D eigenvalue weighted by Gasteiger charge is -2.07.